The highest BCUT2D eigenvalue weighted by atomic mass is 15.3. The van der Waals surface area contributed by atoms with Crippen LogP contribution in [0.1, 0.15) is 53.4 Å². The first-order valence-corrected chi connectivity index (χ1v) is 16.7. The van der Waals surface area contributed by atoms with Crippen LogP contribution in [0.3, 0.4) is 0 Å². The lowest BCUT2D eigenvalue weighted by Gasteiger charge is -2.32. The molecule has 1 aromatic heterocycles. The van der Waals surface area contributed by atoms with E-state index < -0.39 is 0 Å². The standard InChI is InChI=1S/C44H33N5/c1-44(2)37-21-9-7-19-33(37)35-25-36-34-20-8-10-22-39(34)49(40(36)26-38(35)44)32-18-12-17-31(24-32)43-47-41(29-14-5-4-6-15-29)46-42(48(43)3)30-16-11-13-28(23-30)27-45/h4-26,42H,1-3H3. The minimum atomic E-state index is -0.348. The molecule has 7 aromatic rings. The molecule has 0 saturated carbocycles. The predicted octanol–water partition coefficient (Wildman–Crippen LogP) is 9.80. The predicted molar refractivity (Wildman–Crippen MR) is 200 cm³/mol. The molecule has 2 heterocycles. The van der Waals surface area contributed by atoms with E-state index in [1.807, 2.05) is 61.6 Å². The van der Waals surface area contributed by atoms with E-state index in [2.05, 4.69) is 114 Å². The highest BCUT2D eigenvalue weighted by Gasteiger charge is 2.36. The number of para-hydroxylation sites is 1. The highest BCUT2D eigenvalue weighted by molar-refractivity contribution is 6.14. The van der Waals surface area contributed by atoms with Crippen molar-refractivity contribution in [1.82, 2.24) is 9.47 Å². The maximum atomic E-state index is 9.66. The zero-order chi connectivity index (χ0) is 33.3. The van der Waals surface area contributed by atoms with Crippen molar-refractivity contribution in [3.05, 3.63) is 173 Å². The molecule has 1 aliphatic heterocycles. The molecule has 1 atom stereocenters. The molecule has 0 amide bonds. The Morgan fingerprint density at radius 1 is 0.653 bits per heavy atom. The molecular weight excluding hydrogens is 599 g/mol. The van der Waals surface area contributed by atoms with Crippen LogP contribution in [0, 0.1) is 11.3 Å². The molecule has 1 aliphatic carbocycles. The molecule has 0 spiro atoms. The van der Waals surface area contributed by atoms with Crippen molar-refractivity contribution in [2.45, 2.75) is 25.4 Å². The first-order chi connectivity index (χ1) is 23.9. The van der Waals surface area contributed by atoms with E-state index in [9.17, 15) is 5.26 Å². The lowest BCUT2D eigenvalue weighted by molar-refractivity contribution is 0.383. The van der Waals surface area contributed by atoms with E-state index in [0.29, 0.717) is 11.4 Å². The normalized spacial score (nSPS) is 16.2. The maximum absolute atomic E-state index is 9.66. The van der Waals surface area contributed by atoms with Crippen molar-refractivity contribution in [1.29, 1.82) is 5.26 Å². The Morgan fingerprint density at radius 2 is 1.41 bits per heavy atom. The molecule has 5 nitrogen and oxygen atoms in total. The molecule has 49 heavy (non-hydrogen) atoms. The van der Waals surface area contributed by atoms with Crippen LogP contribution in [0.5, 0.6) is 0 Å². The SMILES string of the molecule is CN1C(c2cccc(-n3c4ccccc4c4cc5c(cc43)C(C)(C)c3ccccc3-5)c2)=NC(c2ccccc2)=NC1c1cccc(C#N)c1. The quantitative estimate of drug-likeness (QED) is 0.194. The number of nitrogens with zero attached hydrogens (tertiary/aromatic N) is 5. The van der Waals surface area contributed by atoms with Gasteiger partial charge in [0.15, 0.2) is 12.0 Å². The van der Waals surface area contributed by atoms with Crippen molar-refractivity contribution in [2.75, 3.05) is 7.05 Å². The van der Waals surface area contributed by atoms with Crippen molar-refractivity contribution in [3.8, 4) is 22.9 Å². The summed E-state index contributed by atoms with van der Waals surface area (Å²) in [6.07, 6.45) is -0.348. The fourth-order valence-electron chi connectivity index (χ4n) is 7.81. The Hall–Kier alpha value is -6.25. The van der Waals surface area contributed by atoms with Crippen molar-refractivity contribution < 1.29 is 0 Å². The fourth-order valence-corrected chi connectivity index (χ4v) is 7.81. The summed E-state index contributed by atoms with van der Waals surface area (Å²) in [5, 5.41) is 12.1. The van der Waals surface area contributed by atoms with Crippen LogP contribution in [-0.4, -0.2) is 28.2 Å². The molecule has 0 radical (unpaired) electrons. The first-order valence-electron chi connectivity index (χ1n) is 16.7. The van der Waals surface area contributed by atoms with E-state index in [-0.39, 0.29) is 11.6 Å². The topological polar surface area (TPSA) is 56.7 Å². The van der Waals surface area contributed by atoms with Crippen molar-refractivity contribution in [2.24, 2.45) is 9.98 Å². The molecule has 0 N–H and O–H groups in total. The summed E-state index contributed by atoms with van der Waals surface area (Å²) in [7, 11) is 2.03. The monoisotopic (exact) mass is 631 g/mol. The molecular formula is C44H33N5. The van der Waals surface area contributed by atoms with E-state index >= 15 is 0 Å². The number of amidine groups is 2. The number of hydrogen-bond donors (Lipinski definition) is 0. The van der Waals surface area contributed by atoms with Gasteiger partial charge in [-0.1, -0.05) is 111 Å². The lowest BCUT2D eigenvalue weighted by atomic mass is 9.82. The molecule has 0 fully saturated rings. The Labute approximate surface area is 285 Å². The molecule has 9 rings (SSSR count). The van der Waals surface area contributed by atoms with Crippen LogP contribution in [0.2, 0.25) is 0 Å². The van der Waals surface area contributed by atoms with Gasteiger partial charge in [-0.3, -0.25) is 0 Å². The van der Waals surface area contributed by atoms with Crippen LogP contribution in [0.4, 0.5) is 0 Å². The summed E-state index contributed by atoms with van der Waals surface area (Å²) in [6, 6.07) is 51.1. The third-order valence-electron chi connectivity index (χ3n) is 10.2. The second-order valence-corrected chi connectivity index (χ2v) is 13.5. The van der Waals surface area contributed by atoms with Gasteiger partial charge >= 0.3 is 0 Å². The highest BCUT2D eigenvalue weighted by Crippen LogP contribution is 2.51. The smallest absolute Gasteiger partial charge is 0.159 e. The average molecular weight is 632 g/mol. The van der Waals surface area contributed by atoms with Crippen molar-refractivity contribution >= 4 is 33.5 Å². The summed E-state index contributed by atoms with van der Waals surface area (Å²) in [6.45, 7) is 4.67. The van der Waals surface area contributed by atoms with Gasteiger partial charge in [-0.2, -0.15) is 5.26 Å². The van der Waals surface area contributed by atoms with Crippen LogP contribution < -0.4 is 0 Å². The van der Waals surface area contributed by atoms with Crippen LogP contribution in [0.15, 0.2) is 150 Å². The van der Waals surface area contributed by atoms with Gasteiger partial charge in [0.05, 0.1) is 22.7 Å². The summed E-state index contributed by atoms with van der Waals surface area (Å²) in [5.41, 5.74) is 12.2. The molecule has 234 valence electrons. The summed E-state index contributed by atoms with van der Waals surface area (Å²) < 4.78 is 2.40. The third-order valence-corrected chi connectivity index (χ3v) is 10.2. The Balaban J connectivity index is 1.23. The molecule has 5 heteroatoms. The van der Waals surface area contributed by atoms with E-state index in [0.717, 1.165) is 28.2 Å². The van der Waals surface area contributed by atoms with Gasteiger partial charge in [-0.15, -0.1) is 0 Å². The zero-order valence-corrected chi connectivity index (χ0v) is 27.6. The van der Waals surface area contributed by atoms with Crippen LogP contribution in [-0.2, 0) is 5.41 Å². The van der Waals surface area contributed by atoms with E-state index in [1.165, 1.54) is 44.1 Å². The zero-order valence-electron chi connectivity index (χ0n) is 27.6. The molecule has 0 bridgehead atoms. The maximum Gasteiger partial charge on any atom is 0.159 e. The summed E-state index contributed by atoms with van der Waals surface area (Å²) in [5.74, 6) is 1.49. The Bertz CT molecular complexity index is 2560. The lowest BCUT2D eigenvalue weighted by Crippen LogP contribution is -2.35. The molecule has 1 unspecified atom stereocenters. The second kappa shape index (κ2) is 10.9. The number of nitriles is 1. The van der Waals surface area contributed by atoms with Gasteiger partial charge in [0, 0.05) is 40.0 Å². The molecule has 6 aromatic carbocycles. The van der Waals surface area contributed by atoms with Gasteiger partial charge in [-0.05, 0) is 70.3 Å². The average Bonchev–Trinajstić information content (AvgIpc) is 3.59. The number of benzene rings is 6. The van der Waals surface area contributed by atoms with Gasteiger partial charge < -0.3 is 9.47 Å². The minimum Gasteiger partial charge on any atom is -0.333 e. The van der Waals surface area contributed by atoms with Gasteiger partial charge in [0.2, 0.25) is 0 Å². The van der Waals surface area contributed by atoms with E-state index in [4.69, 9.17) is 9.98 Å². The third kappa shape index (κ3) is 4.45. The summed E-state index contributed by atoms with van der Waals surface area (Å²) >= 11 is 0. The van der Waals surface area contributed by atoms with Gasteiger partial charge in [0.25, 0.3) is 0 Å². The number of hydrogen-bond acceptors (Lipinski definition) is 4. The minimum absolute atomic E-state index is 0.103. The first kappa shape index (κ1) is 28.9. The number of aliphatic imine (C=N–C) groups is 2. The van der Waals surface area contributed by atoms with Crippen LogP contribution >= 0.6 is 0 Å². The second-order valence-electron chi connectivity index (χ2n) is 13.5. The Kier molecular flexibility index (Phi) is 6.44. The molecule has 0 saturated heterocycles. The largest absolute Gasteiger partial charge is 0.333 e. The van der Waals surface area contributed by atoms with E-state index in [1.54, 1.807) is 0 Å². The molecule has 2 aliphatic rings. The van der Waals surface area contributed by atoms with Gasteiger partial charge in [-0.25, -0.2) is 9.98 Å². The number of rotatable bonds is 4. The Morgan fingerprint density at radius 3 is 2.27 bits per heavy atom. The summed E-state index contributed by atoms with van der Waals surface area (Å²) in [4.78, 5) is 12.4. The van der Waals surface area contributed by atoms with Crippen molar-refractivity contribution in [3.63, 3.8) is 0 Å². The fraction of sp³-hybridized carbons (Fsp3) is 0.114. The van der Waals surface area contributed by atoms with Crippen LogP contribution in [0.25, 0.3) is 38.6 Å². The number of fused-ring (bicyclic) bond motifs is 6. The van der Waals surface area contributed by atoms with Gasteiger partial charge in [0.1, 0.15) is 5.84 Å². The number of aromatic nitrogens is 1.